The van der Waals surface area contributed by atoms with E-state index in [1.165, 1.54) is 11.3 Å². The van der Waals surface area contributed by atoms with Gasteiger partial charge >= 0.3 is 5.97 Å². The van der Waals surface area contributed by atoms with E-state index < -0.39 is 5.97 Å². The topological polar surface area (TPSA) is 68.0 Å². The highest BCUT2D eigenvalue weighted by molar-refractivity contribution is 7.14. The lowest BCUT2D eigenvalue weighted by molar-refractivity contribution is 0.0702. The molecule has 0 unspecified atom stereocenters. The smallest absolute Gasteiger partial charge is 0.345 e. The molecule has 6 heteroatoms. The van der Waals surface area contributed by atoms with Gasteiger partial charge in [-0.3, -0.25) is 0 Å². The Morgan fingerprint density at radius 3 is 2.68 bits per heavy atom. The Labute approximate surface area is 115 Å². The van der Waals surface area contributed by atoms with E-state index in [1.807, 2.05) is 25.5 Å². The van der Waals surface area contributed by atoms with Crippen LogP contribution >= 0.6 is 11.3 Å². The molecule has 0 saturated heterocycles. The summed E-state index contributed by atoms with van der Waals surface area (Å²) in [6.07, 6.45) is 1.63. The van der Waals surface area contributed by atoms with Crippen molar-refractivity contribution < 1.29 is 9.90 Å². The van der Waals surface area contributed by atoms with Gasteiger partial charge < -0.3 is 5.11 Å². The zero-order valence-corrected chi connectivity index (χ0v) is 12.1. The van der Waals surface area contributed by atoms with Gasteiger partial charge in [-0.25, -0.2) is 14.5 Å². The second kappa shape index (κ2) is 5.52. The van der Waals surface area contributed by atoms with Gasteiger partial charge in [-0.05, 0) is 18.6 Å². The fraction of sp³-hybridized carbons (Fsp3) is 0.462. The van der Waals surface area contributed by atoms with E-state index in [0.717, 1.165) is 34.9 Å². The van der Waals surface area contributed by atoms with Crippen molar-refractivity contribution in [2.75, 3.05) is 0 Å². The molecule has 0 fully saturated rings. The minimum Gasteiger partial charge on any atom is -0.477 e. The molecule has 0 bridgehead atoms. The SMILES string of the molecule is CCc1nc(CC)n(Cc2cc(C(=O)O)sc2C)n1. The standard InChI is InChI=1S/C13H17N3O2S/c1-4-11-14-12(5-2)16(15-11)7-9-6-10(13(17)18)19-8(9)3/h6H,4-5,7H2,1-3H3,(H,17,18). The monoisotopic (exact) mass is 279 g/mol. The molecule has 1 N–H and O–H groups in total. The van der Waals surface area contributed by atoms with E-state index in [1.54, 1.807) is 6.07 Å². The van der Waals surface area contributed by atoms with Gasteiger partial charge in [-0.2, -0.15) is 5.10 Å². The Balaban J connectivity index is 2.30. The van der Waals surface area contributed by atoms with Crippen molar-refractivity contribution >= 4 is 17.3 Å². The number of thiophene rings is 1. The first-order chi connectivity index (χ1) is 9.05. The molecule has 0 radical (unpaired) electrons. The highest BCUT2D eigenvalue weighted by Gasteiger charge is 2.14. The van der Waals surface area contributed by atoms with Crippen molar-refractivity contribution in [3.8, 4) is 0 Å². The number of nitrogens with zero attached hydrogens (tertiary/aromatic N) is 3. The van der Waals surface area contributed by atoms with Crippen molar-refractivity contribution in [2.24, 2.45) is 0 Å². The van der Waals surface area contributed by atoms with Crippen LogP contribution in [0.2, 0.25) is 0 Å². The molecule has 5 nitrogen and oxygen atoms in total. The van der Waals surface area contributed by atoms with Gasteiger partial charge in [0.1, 0.15) is 10.7 Å². The van der Waals surface area contributed by atoms with Gasteiger partial charge in [0, 0.05) is 17.7 Å². The van der Waals surface area contributed by atoms with Gasteiger partial charge in [0.2, 0.25) is 0 Å². The minimum atomic E-state index is -0.872. The van der Waals surface area contributed by atoms with Crippen LogP contribution in [0.1, 0.15) is 45.6 Å². The number of aryl methyl sites for hydroxylation is 3. The summed E-state index contributed by atoms with van der Waals surface area (Å²) >= 11 is 1.31. The number of aromatic carboxylic acids is 1. The van der Waals surface area contributed by atoms with Crippen molar-refractivity contribution in [2.45, 2.75) is 40.2 Å². The third-order valence-electron chi connectivity index (χ3n) is 2.98. The van der Waals surface area contributed by atoms with Gasteiger partial charge in [-0.1, -0.05) is 13.8 Å². The fourth-order valence-corrected chi connectivity index (χ4v) is 2.78. The van der Waals surface area contributed by atoms with Gasteiger partial charge in [0.25, 0.3) is 0 Å². The van der Waals surface area contributed by atoms with Crippen molar-refractivity contribution in [3.05, 3.63) is 33.0 Å². The Bertz CT molecular complexity index is 601. The summed E-state index contributed by atoms with van der Waals surface area (Å²) in [5.74, 6) is 0.908. The first-order valence-electron chi connectivity index (χ1n) is 6.30. The number of carboxylic acid groups (broad SMARTS) is 1. The summed E-state index contributed by atoms with van der Waals surface area (Å²) in [7, 11) is 0. The summed E-state index contributed by atoms with van der Waals surface area (Å²) in [5.41, 5.74) is 1.00. The van der Waals surface area contributed by atoms with Gasteiger partial charge in [0.15, 0.2) is 5.82 Å². The van der Waals surface area contributed by atoms with Crippen LogP contribution < -0.4 is 0 Å². The van der Waals surface area contributed by atoms with Gasteiger partial charge in [-0.15, -0.1) is 11.3 Å². The predicted octanol–water partition coefficient (Wildman–Crippen LogP) is 2.52. The summed E-state index contributed by atoms with van der Waals surface area (Å²) in [6.45, 7) is 6.60. The van der Waals surface area contributed by atoms with Gasteiger partial charge in [0.05, 0.1) is 6.54 Å². The van der Waals surface area contributed by atoms with E-state index in [2.05, 4.69) is 10.1 Å². The molecule has 0 aliphatic carbocycles. The Morgan fingerprint density at radius 1 is 1.42 bits per heavy atom. The van der Waals surface area contributed by atoms with E-state index >= 15 is 0 Å². The van der Waals surface area contributed by atoms with Crippen LogP contribution in [0.15, 0.2) is 6.07 Å². The molecule has 2 aromatic heterocycles. The molecule has 0 atom stereocenters. The number of hydrogen-bond donors (Lipinski definition) is 1. The molecular weight excluding hydrogens is 262 g/mol. The molecule has 0 aliphatic rings. The maximum atomic E-state index is 11.0. The highest BCUT2D eigenvalue weighted by Crippen LogP contribution is 2.22. The van der Waals surface area contributed by atoms with E-state index in [4.69, 9.17) is 5.11 Å². The van der Waals surface area contributed by atoms with Crippen molar-refractivity contribution in [1.29, 1.82) is 0 Å². The van der Waals surface area contributed by atoms with Crippen LogP contribution in [-0.4, -0.2) is 25.8 Å². The molecule has 2 heterocycles. The van der Waals surface area contributed by atoms with Crippen LogP contribution in [0.25, 0.3) is 0 Å². The third kappa shape index (κ3) is 2.84. The second-order valence-corrected chi connectivity index (χ2v) is 5.56. The minimum absolute atomic E-state index is 0.376. The van der Waals surface area contributed by atoms with Crippen LogP contribution in [0.4, 0.5) is 0 Å². The molecule has 19 heavy (non-hydrogen) atoms. The molecule has 0 aliphatic heterocycles. The largest absolute Gasteiger partial charge is 0.477 e. The molecule has 0 amide bonds. The van der Waals surface area contributed by atoms with Crippen molar-refractivity contribution in [3.63, 3.8) is 0 Å². The maximum absolute atomic E-state index is 11.0. The predicted molar refractivity (Wildman–Crippen MR) is 73.9 cm³/mol. The third-order valence-corrected chi connectivity index (χ3v) is 4.06. The van der Waals surface area contributed by atoms with Crippen LogP contribution in [0, 0.1) is 6.92 Å². The normalized spacial score (nSPS) is 10.9. The summed E-state index contributed by atoms with van der Waals surface area (Å²) in [5, 5.41) is 13.5. The summed E-state index contributed by atoms with van der Waals surface area (Å²) < 4.78 is 1.87. The molecular formula is C13H17N3O2S. The summed E-state index contributed by atoms with van der Waals surface area (Å²) in [4.78, 5) is 16.8. The first kappa shape index (κ1) is 13.7. The van der Waals surface area contributed by atoms with E-state index in [9.17, 15) is 4.79 Å². The molecule has 0 aromatic carbocycles. The number of hydrogen-bond acceptors (Lipinski definition) is 4. The average molecular weight is 279 g/mol. The number of carbonyl (C=O) groups is 1. The summed E-state index contributed by atoms with van der Waals surface area (Å²) in [6, 6.07) is 1.73. The molecule has 0 spiro atoms. The lowest BCUT2D eigenvalue weighted by atomic mass is 10.2. The first-order valence-corrected chi connectivity index (χ1v) is 7.12. The zero-order valence-electron chi connectivity index (χ0n) is 11.3. The van der Waals surface area contributed by atoms with E-state index in [-0.39, 0.29) is 0 Å². The quantitative estimate of drug-likeness (QED) is 0.913. The van der Waals surface area contributed by atoms with E-state index in [0.29, 0.717) is 11.4 Å². The molecule has 2 aromatic rings. The second-order valence-electron chi connectivity index (χ2n) is 4.31. The van der Waals surface area contributed by atoms with Crippen molar-refractivity contribution in [1.82, 2.24) is 14.8 Å². The number of aromatic nitrogens is 3. The molecule has 0 saturated carbocycles. The zero-order chi connectivity index (χ0) is 14.0. The maximum Gasteiger partial charge on any atom is 0.345 e. The highest BCUT2D eigenvalue weighted by atomic mass is 32.1. The van der Waals surface area contributed by atoms with Crippen LogP contribution in [-0.2, 0) is 19.4 Å². The van der Waals surface area contributed by atoms with Crippen LogP contribution in [0.3, 0.4) is 0 Å². The molecule has 2 rings (SSSR count). The molecule has 102 valence electrons. The fourth-order valence-electron chi connectivity index (χ4n) is 1.91. The Hall–Kier alpha value is -1.69. The van der Waals surface area contributed by atoms with Crippen LogP contribution in [0.5, 0.6) is 0 Å². The Morgan fingerprint density at radius 2 is 2.16 bits per heavy atom. The number of carboxylic acids is 1. The number of rotatable bonds is 5. The lowest BCUT2D eigenvalue weighted by Crippen LogP contribution is -2.06. The Kier molecular flexibility index (Phi) is 3.99. The average Bonchev–Trinajstić information content (AvgIpc) is 2.94. The lowest BCUT2D eigenvalue weighted by Gasteiger charge is -2.03.